The van der Waals surface area contributed by atoms with E-state index in [1.54, 1.807) is 18.3 Å². The summed E-state index contributed by atoms with van der Waals surface area (Å²) in [6.45, 7) is 4.12. The number of ether oxygens (including phenoxy) is 2. The van der Waals surface area contributed by atoms with E-state index in [4.69, 9.17) is 21.1 Å². The Morgan fingerprint density at radius 3 is 2.82 bits per heavy atom. The highest BCUT2D eigenvalue weighted by Gasteiger charge is 2.23. The summed E-state index contributed by atoms with van der Waals surface area (Å²) in [5.74, 6) is 1.37. The SMILES string of the molecule is Cc1cc(Cl)cc(OC=O)c1-c1nc2nc(O[C@@H]3CCN(C)C3)cnc2n1C. The number of benzene rings is 1. The molecule has 3 heterocycles. The van der Waals surface area contributed by atoms with Gasteiger partial charge in [0.05, 0.1) is 11.8 Å². The Kier molecular flexibility index (Phi) is 4.91. The monoisotopic (exact) mass is 401 g/mol. The Morgan fingerprint density at radius 1 is 1.29 bits per heavy atom. The molecule has 8 nitrogen and oxygen atoms in total. The van der Waals surface area contributed by atoms with Gasteiger partial charge in [-0.3, -0.25) is 4.79 Å². The molecule has 2 aromatic heterocycles. The molecule has 0 bridgehead atoms. The van der Waals surface area contributed by atoms with E-state index in [2.05, 4.69) is 26.9 Å². The van der Waals surface area contributed by atoms with Gasteiger partial charge in [-0.1, -0.05) is 11.6 Å². The molecule has 146 valence electrons. The van der Waals surface area contributed by atoms with Crippen LogP contribution in [0.5, 0.6) is 11.6 Å². The van der Waals surface area contributed by atoms with Crippen LogP contribution in [0.4, 0.5) is 0 Å². The van der Waals surface area contributed by atoms with Gasteiger partial charge in [0.1, 0.15) is 17.7 Å². The number of hydrogen-bond acceptors (Lipinski definition) is 7. The lowest BCUT2D eigenvalue weighted by Crippen LogP contribution is -2.21. The summed E-state index contributed by atoms with van der Waals surface area (Å²) in [6.07, 6.45) is 2.68. The molecule has 1 aliphatic rings. The second-order valence-corrected chi connectivity index (χ2v) is 7.39. The maximum absolute atomic E-state index is 10.9. The van der Waals surface area contributed by atoms with Crippen molar-refractivity contribution in [2.45, 2.75) is 19.4 Å². The number of fused-ring (bicyclic) bond motifs is 1. The number of carbonyl (C=O) groups excluding carboxylic acids is 1. The predicted molar refractivity (Wildman–Crippen MR) is 105 cm³/mol. The second-order valence-electron chi connectivity index (χ2n) is 6.95. The fourth-order valence-corrected chi connectivity index (χ4v) is 3.79. The first-order valence-corrected chi connectivity index (χ1v) is 9.29. The van der Waals surface area contributed by atoms with Crippen LogP contribution >= 0.6 is 11.6 Å². The molecule has 1 saturated heterocycles. The molecule has 0 aliphatic carbocycles. The minimum absolute atomic E-state index is 0.103. The molecule has 1 fully saturated rings. The van der Waals surface area contributed by atoms with Gasteiger partial charge in [-0.05, 0) is 32.0 Å². The van der Waals surface area contributed by atoms with Crippen molar-refractivity contribution in [1.29, 1.82) is 0 Å². The number of likely N-dealkylation sites (N-methyl/N-ethyl adjacent to an activating group) is 1. The first kappa shape index (κ1) is 18.6. The van der Waals surface area contributed by atoms with Gasteiger partial charge >= 0.3 is 0 Å². The summed E-state index contributed by atoms with van der Waals surface area (Å²) in [5, 5.41) is 0.477. The number of nitrogens with zero attached hydrogens (tertiary/aromatic N) is 5. The van der Waals surface area contributed by atoms with E-state index in [1.807, 2.05) is 18.5 Å². The van der Waals surface area contributed by atoms with E-state index in [0.717, 1.165) is 25.1 Å². The summed E-state index contributed by atoms with van der Waals surface area (Å²) < 4.78 is 12.9. The van der Waals surface area contributed by atoms with E-state index in [1.165, 1.54) is 0 Å². The fourth-order valence-electron chi connectivity index (χ4n) is 3.53. The molecule has 1 aliphatic heterocycles. The molecule has 0 amide bonds. The van der Waals surface area contributed by atoms with Gasteiger partial charge in [-0.25, -0.2) is 9.97 Å². The lowest BCUT2D eigenvalue weighted by Gasteiger charge is -2.12. The van der Waals surface area contributed by atoms with Crippen LogP contribution in [-0.4, -0.2) is 57.1 Å². The molecule has 0 N–H and O–H groups in total. The molecule has 9 heteroatoms. The van der Waals surface area contributed by atoms with Crippen molar-refractivity contribution < 1.29 is 14.3 Å². The number of halogens is 1. The Hall–Kier alpha value is -2.71. The molecule has 4 rings (SSSR count). The van der Waals surface area contributed by atoms with Crippen molar-refractivity contribution in [2.24, 2.45) is 7.05 Å². The maximum atomic E-state index is 10.9. The minimum atomic E-state index is 0.103. The van der Waals surface area contributed by atoms with Crippen molar-refractivity contribution in [1.82, 2.24) is 24.4 Å². The largest absolute Gasteiger partial charge is 0.472 e. The zero-order chi connectivity index (χ0) is 19.8. The van der Waals surface area contributed by atoms with E-state index >= 15 is 0 Å². The van der Waals surface area contributed by atoms with Crippen LogP contribution in [-0.2, 0) is 11.8 Å². The highest BCUT2D eigenvalue weighted by atomic mass is 35.5. The van der Waals surface area contributed by atoms with Crippen LogP contribution < -0.4 is 9.47 Å². The van der Waals surface area contributed by atoms with Gasteiger partial charge in [0.15, 0.2) is 5.65 Å². The predicted octanol–water partition coefficient (Wildman–Crippen LogP) is 2.61. The molecule has 0 radical (unpaired) electrons. The third kappa shape index (κ3) is 3.41. The average Bonchev–Trinajstić information content (AvgIpc) is 3.18. The highest BCUT2D eigenvalue weighted by Crippen LogP contribution is 2.36. The Bertz CT molecular complexity index is 1050. The maximum Gasteiger partial charge on any atom is 0.298 e. The number of rotatable bonds is 5. The summed E-state index contributed by atoms with van der Waals surface area (Å²) in [4.78, 5) is 26.8. The van der Waals surface area contributed by atoms with Crippen LogP contribution in [0.15, 0.2) is 18.3 Å². The van der Waals surface area contributed by atoms with Crippen molar-refractivity contribution >= 4 is 29.4 Å². The number of hydrogen-bond donors (Lipinski definition) is 0. The lowest BCUT2D eigenvalue weighted by atomic mass is 10.1. The molecule has 0 saturated carbocycles. The quantitative estimate of drug-likeness (QED) is 0.607. The minimum Gasteiger partial charge on any atom is -0.472 e. The van der Waals surface area contributed by atoms with E-state index in [0.29, 0.717) is 45.8 Å². The number of aromatic nitrogens is 4. The smallest absolute Gasteiger partial charge is 0.298 e. The van der Waals surface area contributed by atoms with E-state index < -0.39 is 0 Å². The summed E-state index contributed by atoms with van der Waals surface area (Å²) >= 11 is 6.11. The zero-order valence-electron chi connectivity index (χ0n) is 15.8. The van der Waals surface area contributed by atoms with Crippen molar-refractivity contribution in [2.75, 3.05) is 20.1 Å². The van der Waals surface area contributed by atoms with Gasteiger partial charge in [0.2, 0.25) is 11.5 Å². The van der Waals surface area contributed by atoms with Crippen LogP contribution in [0.25, 0.3) is 22.7 Å². The summed E-state index contributed by atoms with van der Waals surface area (Å²) in [7, 11) is 3.90. The van der Waals surface area contributed by atoms with Gasteiger partial charge in [0, 0.05) is 31.2 Å². The molecule has 28 heavy (non-hydrogen) atoms. The molecule has 1 aromatic carbocycles. The lowest BCUT2D eigenvalue weighted by molar-refractivity contribution is -0.120. The summed E-state index contributed by atoms with van der Waals surface area (Å²) in [5.41, 5.74) is 2.57. The molecular weight excluding hydrogens is 382 g/mol. The van der Waals surface area contributed by atoms with Crippen molar-refractivity contribution in [3.05, 3.63) is 28.9 Å². The van der Waals surface area contributed by atoms with Crippen LogP contribution in [0.1, 0.15) is 12.0 Å². The fraction of sp³-hybridized carbons (Fsp3) is 0.368. The van der Waals surface area contributed by atoms with Crippen LogP contribution in [0, 0.1) is 6.92 Å². The van der Waals surface area contributed by atoms with Crippen LogP contribution in [0.3, 0.4) is 0 Å². The molecular formula is C19H20ClN5O3. The third-order valence-corrected chi connectivity index (χ3v) is 5.08. The summed E-state index contributed by atoms with van der Waals surface area (Å²) in [6, 6.07) is 3.38. The first-order chi connectivity index (χ1) is 13.5. The topological polar surface area (TPSA) is 82.4 Å². The van der Waals surface area contributed by atoms with Crippen LogP contribution in [0.2, 0.25) is 5.02 Å². The normalized spacial score (nSPS) is 17.2. The van der Waals surface area contributed by atoms with E-state index in [9.17, 15) is 4.79 Å². The van der Waals surface area contributed by atoms with Gasteiger partial charge in [-0.15, -0.1) is 0 Å². The van der Waals surface area contributed by atoms with Gasteiger partial charge in [-0.2, -0.15) is 4.98 Å². The number of likely N-dealkylation sites (tertiary alicyclic amines) is 1. The molecule has 3 aromatic rings. The van der Waals surface area contributed by atoms with Crippen molar-refractivity contribution in [3.63, 3.8) is 0 Å². The van der Waals surface area contributed by atoms with Gasteiger partial charge < -0.3 is 18.9 Å². The zero-order valence-corrected chi connectivity index (χ0v) is 16.6. The highest BCUT2D eigenvalue weighted by molar-refractivity contribution is 6.31. The average molecular weight is 402 g/mol. The Balaban J connectivity index is 1.75. The van der Waals surface area contributed by atoms with Crippen molar-refractivity contribution in [3.8, 4) is 23.0 Å². The number of carbonyl (C=O) groups is 1. The van der Waals surface area contributed by atoms with E-state index in [-0.39, 0.29) is 6.10 Å². The first-order valence-electron chi connectivity index (χ1n) is 8.91. The molecule has 0 unspecified atom stereocenters. The standard InChI is InChI=1S/C19H20ClN5O3/c1-11-6-12(20)7-14(27-10-26)16(11)18-23-17-19(25(18)3)21-8-15(22-17)28-13-4-5-24(2)9-13/h6-8,10,13H,4-5,9H2,1-3H3/t13-/m1/s1. The third-order valence-electron chi connectivity index (χ3n) is 4.86. The Labute approximate surface area is 167 Å². The number of imidazole rings is 1. The molecule has 0 spiro atoms. The number of aryl methyl sites for hydroxylation is 2. The Morgan fingerprint density at radius 2 is 2.11 bits per heavy atom. The molecule has 1 atom stereocenters. The second kappa shape index (κ2) is 7.37. The van der Waals surface area contributed by atoms with Gasteiger partial charge in [0.25, 0.3) is 6.47 Å².